The standard InChI is InChI=1S/C16H16FNO4/c1-21-6-7-22-16(20)13-9-18(11-3-4-11)14-5-2-10(17)8-12(14)15(13)19/h2,5,8-9,11H,3-4,6-7H2,1H3. The van der Waals surface area contributed by atoms with Crippen LogP contribution in [0.5, 0.6) is 0 Å². The Morgan fingerprint density at radius 2 is 2.14 bits per heavy atom. The van der Waals surface area contributed by atoms with Gasteiger partial charge in [-0.15, -0.1) is 0 Å². The van der Waals surface area contributed by atoms with Crippen LogP contribution in [0.2, 0.25) is 0 Å². The van der Waals surface area contributed by atoms with E-state index in [2.05, 4.69) is 0 Å². The molecule has 116 valence electrons. The molecule has 6 heteroatoms. The maximum absolute atomic E-state index is 13.5. The van der Waals surface area contributed by atoms with E-state index in [1.807, 2.05) is 4.57 Å². The molecule has 0 bridgehead atoms. The number of ether oxygens (including phenoxy) is 2. The van der Waals surface area contributed by atoms with Crippen molar-refractivity contribution < 1.29 is 18.7 Å². The summed E-state index contributed by atoms with van der Waals surface area (Å²) >= 11 is 0. The van der Waals surface area contributed by atoms with Gasteiger partial charge < -0.3 is 14.0 Å². The molecule has 0 amide bonds. The predicted octanol–water partition coefficient (Wildman–Crippen LogP) is 2.28. The molecule has 1 saturated carbocycles. The van der Waals surface area contributed by atoms with E-state index in [1.54, 1.807) is 6.07 Å². The number of halogens is 1. The third kappa shape index (κ3) is 2.74. The Hall–Kier alpha value is -2.21. The van der Waals surface area contributed by atoms with Crippen LogP contribution >= 0.6 is 0 Å². The van der Waals surface area contributed by atoms with Crippen LogP contribution in [0.1, 0.15) is 29.2 Å². The highest BCUT2D eigenvalue weighted by Gasteiger charge is 2.27. The van der Waals surface area contributed by atoms with E-state index in [1.165, 1.54) is 25.4 Å². The molecule has 1 aliphatic rings. The van der Waals surface area contributed by atoms with Crippen molar-refractivity contribution in [1.29, 1.82) is 0 Å². The van der Waals surface area contributed by atoms with Crippen LogP contribution in [0.3, 0.4) is 0 Å². The number of carbonyl (C=O) groups is 1. The Morgan fingerprint density at radius 3 is 2.82 bits per heavy atom. The molecule has 0 N–H and O–H groups in total. The van der Waals surface area contributed by atoms with E-state index in [4.69, 9.17) is 9.47 Å². The summed E-state index contributed by atoms with van der Waals surface area (Å²) in [5.74, 6) is -1.21. The lowest BCUT2D eigenvalue weighted by Crippen LogP contribution is -2.22. The minimum atomic E-state index is -0.706. The van der Waals surface area contributed by atoms with Crippen molar-refractivity contribution >= 4 is 16.9 Å². The number of hydrogen-bond donors (Lipinski definition) is 0. The normalized spacial score (nSPS) is 14.3. The minimum Gasteiger partial charge on any atom is -0.460 e. The lowest BCUT2D eigenvalue weighted by atomic mass is 10.1. The number of fused-ring (bicyclic) bond motifs is 1. The van der Waals surface area contributed by atoms with Gasteiger partial charge in [0.05, 0.1) is 12.1 Å². The van der Waals surface area contributed by atoms with E-state index in [-0.39, 0.29) is 30.2 Å². The predicted molar refractivity (Wildman–Crippen MR) is 78.6 cm³/mol. The SMILES string of the molecule is COCCOC(=O)c1cn(C2CC2)c2ccc(F)cc2c1=O. The Morgan fingerprint density at radius 1 is 1.36 bits per heavy atom. The zero-order valence-electron chi connectivity index (χ0n) is 12.2. The van der Waals surface area contributed by atoms with Crippen LogP contribution in [-0.4, -0.2) is 30.9 Å². The number of pyridine rings is 1. The molecule has 22 heavy (non-hydrogen) atoms. The Bertz CT molecular complexity index is 780. The number of methoxy groups -OCH3 is 1. The molecule has 1 heterocycles. The fourth-order valence-electron chi connectivity index (χ4n) is 2.42. The van der Waals surface area contributed by atoms with Crippen LogP contribution in [0.25, 0.3) is 10.9 Å². The third-order valence-electron chi connectivity index (χ3n) is 3.68. The van der Waals surface area contributed by atoms with E-state index in [9.17, 15) is 14.0 Å². The van der Waals surface area contributed by atoms with Crippen molar-refractivity contribution in [3.63, 3.8) is 0 Å². The van der Waals surface area contributed by atoms with Crippen LogP contribution in [0.15, 0.2) is 29.2 Å². The number of benzene rings is 1. The van der Waals surface area contributed by atoms with Crippen LogP contribution in [0.4, 0.5) is 4.39 Å². The molecule has 1 aromatic carbocycles. The van der Waals surface area contributed by atoms with Gasteiger partial charge in [-0.25, -0.2) is 9.18 Å². The Labute approximate surface area is 126 Å². The Kier molecular flexibility index (Phi) is 3.94. The molecule has 1 fully saturated rings. The monoisotopic (exact) mass is 305 g/mol. The molecule has 0 radical (unpaired) electrons. The number of nitrogens with zero attached hydrogens (tertiary/aromatic N) is 1. The zero-order valence-corrected chi connectivity index (χ0v) is 12.2. The van der Waals surface area contributed by atoms with Crippen LogP contribution in [0, 0.1) is 5.82 Å². The smallest absolute Gasteiger partial charge is 0.343 e. The lowest BCUT2D eigenvalue weighted by molar-refractivity contribution is 0.0386. The van der Waals surface area contributed by atoms with Gasteiger partial charge >= 0.3 is 5.97 Å². The highest BCUT2D eigenvalue weighted by Crippen LogP contribution is 2.37. The van der Waals surface area contributed by atoms with E-state index in [0.717, 1.165) is 12.8 Å². The van der Waals surface area contributed by atoms with Gasteiger partial charge in [0.25, 0.3) is 0 Å². The average molecular weight is 305 g/mol. The summed E-state index contributed by atoms with van der Waals surface area (Å²) in [6, 6.07) is 4.31. The highest BCUT2D eigenvalue weighted by molar-refractivity contribution is 5.93. The van der Waals surface area contributed by atoms with Crippen LogP contribution < -0.4 is 5.43 Å². The molecule has 0 unspecified atom stereocenters. The summed E-state index contributed by atoms with van der Waals surface area (Å²) in [4.78, 5) is 24.5. The number of hydrogen-bond acceptors (Lipinski definition) is 4. The molecule has 0 spiro atoms. The van der Waals surface area contributed by atoms with Gasteiger partial charge in [0, 0.05) is 24.7 Å². The number of esters is 1. The van der Waals surface area contributed by atoms with Gasteiger partial charge in [0.2, 0.25) is 5.43 Å². The maximum Gasteiger partial charge on any atom is 0.343 e. The average Bonchev–Trinajstić information content (AvgIpc) is 3.33. The van der Waals surface area contributed by atoms with Crippen molar-refractivity contribution in [2.75, 3.05) is 20.3 Å². The summed E-state index contributed by atoms with van der Waals surface area (Å²) in [7, 11) is 1.49. The highest BCUT2D eigenvalue weighted by atomic mass is 19.1. The first kappa shape index (κ1) is 14.7. The number of carbonyl (C=O) groups excluding carboxylic acids is 1. The molecule has 5 nitrogen and oxygen atoms in total. The maximum atomic E-state index is 13.5. The van der Waals surface area contributed by atoms with Crippen LogP contribution in [-0.2, 0) is 9.47 Å². The largest absolute Gasteiger partial charge is 0.460 e. The summed E-state index contributed by atoms with van der Waals surface area (Å²) < 4.78 is 25.1. The molecule has 1 aromatic heterocycles. The lowest BCUT2D eigenvalue weighted by Gasteiger charge is -2.12. The molecule has 3 rings (SSSR count). The van der Waals surface area contributed by atoms with Gasteiger partial charge in [-0.2, -0.15) is 0 Å². The van der Waals surface area contributed by atoms with Crippen molar-refractivity contribution in [3.8, 4) is 0 Å². The fraction of sp³-hybridized carbons (Fsp3) is 0.375. The molecular formula is C16H16FNO4. The first-order chi connectivity index (χ1) is 10.6. The molecular weight excluding hydrogens is 289 g/mol. The summed E-state index contributed by atoms with van der Waals surface area (Å²) in [5, 5.41) is 0.202. The molecule has 2 aromatic rings. The first-order valence-corrected chi connectivity index (χ1v) is 7.12. The van der Waals surface area contributed by atoms with Crippen molar-refractivity contribution in [2.24, 2.45) is 0 Å². The first-order valence-electron chi connectivity index (χ1n) is 7.12. The molecule has 1 aliphatic carbocycles. The number of aromatic nitrogens is 1. The summed E-state index contributed by atoms with van der Waals surface area (Å²) in [6.45, 7) is 0.324. The van der Waals surface area contributed by atoms with E-state index < -0.39 is 17.2 Å². The Balaban J connectivity index is 2.08. The fourth-order valence-corrected chi connectivity index (χ4v) is 2.42. The molecule has 0 atom stereocenters. The quantitative estimate of drug-likeness (QED) is 0.628. The zero-order chi connectivity index (χ0) is 15.7. The minimum absolute atomic E-state index is 0.0684. The molecule has 0 aliphatic heterocycles. The summed E-state index contributed by atoms with van der Waals surface area (Å²) in [6.07, 6.45) is 3.48. The van der Waals surface area contributed by atoms with Crippen molar-refractivity contribution in [2.45, 2.75) is 18.9 Å². The third-order valence-corrected chi connectivity index (χ3v) is 3.68. The molecule has 0 saturated heterocycles. The van der Waals surface area contributed by atoms with Gasteiger partial charge in [0.1, 0.15) is 18.0 Å². The second-order valence-corrected chi connectivity index (χ2v) is 5.30. The van der Waals surface area contributed by atoms with Crippen molar-refractivity contribution in [3.05, 3.63) is 46.0 Å². The van der Waals surface area contributed by atoms with E-state index in [0.29, 0.717) is 5.52 Å². The van der Waals surface area contributed by atoms with E-state index >= 15 is 0 Å². The van der Waals surface area contributed by atoms with Gasteiger partial charge in [-0.1, -0.05) is 0 Å². The van der Waals surface area contributed by atoms with Gasteiger partial charge in [-0.3, -0.25) is 4.79 Å². The second-order valence-electron chi connectivity index (χ2n) is 5.30. The second kappa shape index (κ2) is 5.88. The summed E-state index contributed by atoms with van der Waals surface area (Å²) in [5.41, 5.74) is 0.0669. The van der Waals surface area contributed by atoms with Crippen molar-refractivity contribution in [1.82, 2.24) is 4.57 Å². The van der Waals surface area contributed by atoms with Gasteiger partial charge in [0.15, 0.2) is 0 Å². The topological polar surface area (TPSA) is 57.5 Å². The van der Waals surface area contributed by atoms with Gasteiger partial charge in [-0.05, 0) is 31.0 Å². The number of rotatable bonds is 5.